The van der Waals surface area contributed by atoms with Crippen LogP contribution in [0.4, 0.5) is 16.2 Å². The second-order valence-corrected chi connectivity index (χ2v) is 8.56. The molecule has 3 aromatic rings. The Labute approximate surface area is 198 Å². The van der Waals surface area contributed by atoms with E-state index in [0.717, 1.165) is 40.8 Å². The van der Waals surface area contributed by atoms with Crippen LogP contribution >= 0.6 is 0 Å². The number of aryl methyl sites for hydroxylation is 1. The lowest BCUT2D eigenvalue weighted by molar-refractivity contribution is -0.118. The molecule has 5 rings (SSSR count). The molecule has 2 N–H and O–H groups in total. The molecule has 1 aliphatic carbocycles. The van der Waals surface area contributed by atoms with Gasteiger partial charge < -0.3 is 19.5 Å². The highest BCUT2D eigenvalue weighted by atomic mass is 16.7. The fourth-order valence-electron chi connectivity index (χ4n) is 4.25. The summed E-state index contributed by atoms with van der Waals surface area (Å²) in [6, 6.07) is 19.2. The van der Waals surface area contributed by atoms with E-state index in [1.54, 1.807) is 6.92 Å². The summed E-state index contributed by atoms with van der Waals surface area (Å²) < 4.78 is 15.8. The van der Waals surface area contributed by atoms with Gasteiger partial charge in [0.15, 0.2) is 11.5 Å². The van der Waals surface area contributed by atoms with Crippen LogP contribution in [0.15, 0.2) is 60.7 Å². The second kappa shape index (κ2) is 8.74. The molecule has 0 atom stereocenters. The minimum Gasteiger partial charge on any atom is -0.454 e. The monoisotopic (exact) mass is 458 g/mol. The van der Waals surface area contributed by atoms with E-state index in [9.17, 15) is 9.59 Å². The Kier molecular flexibility index (Phi) is 5.61. The van der Waals surface area contributed by atoms with E-state index < -0.39 is 11.5 Å². The van der Waals surface area contributed by atoms with Crippen LogP contribution in [0.5, 0.6) is 11.5 Å². The molecule has 2 amide bonds. The zero-order valence-corrected chi connectivity index (χ0v) is 19.1. The second-order valence-electron chi connectivity index (χ2n) is 8.56. The van der Waals surface area contributed by atoms with Crippen LogP contribution in [-0.4, -0.2) is 25.4 Å². The number of hydrogen-bond donors (Lipinski definition) is 2. The normalized spacial score (nSPS) is 14.9. The molecule has 7 heteroatoms. The van der Waals surface area contributed by atoms with Gasteiger partial charge in [0, 0.05) is 11.4 Å². The number of hydrogen-bond acceptors (Lipinski definition) is 5. The van der Waals surface area contributed by atoms with Gasteiger partial charge in [0.2, 0.25) is 12.7 Å². The van der Waals surface area contributed by atoms with Gasteiger partial charge in [-0.15, -0.1) is 0 Å². The quantitative estimate of drug-likeness (QED) is 0.500. The number of carbonyl (C=O) groups is 2. The molecule has 0 unspecified atom stereocenters. The van der Waals surface area contributed by atoms with Crippen molar-refractivity contribution in [2.75, 3.05) is 24.0 Å². The predicted octanol–water partition coefficient (Wildman–Crippen LogP) is 5.63. The summed E-state index contributed by atoms with van der Waals surface area (Å²) >= 11 is 0. The van der Waals surface area contributed by atoms with Gasteiger partial charge in [-0.3, -0.25) is 10.1 Å². The molecule has 1 saturated carbocycles. The Morgan fingerprint density at radius 1 is 0.912 bits per heavy atom. The molecule has 174 valence electrons. The third-order valence-corrected chi connectivity index (χ3v) is 6.32. The standard InChI is InChI=1S/C27H26N2O5/c1-3-32-26(31)29-20-9-5-18(6-10-20)22-15-21(8-4-17(22)2)28-25(30)27(12-13-27)19-7-11-23-24(14-19)34-16-33-23/h4-11,14-15H,3,12-13,16H2,1-2H3,(H,28,30)(H,29,31). The summed E-state index contributed by atoms with van der Waals surface area (Å²) in [5.74, 6) is 1.39. The topological polar surface area (TPSA) is 85.9 Å². The highest BCUT2D eigenvalue weighted by Crippen LogP contribution is 2.51. The maximum absolute atomic E-state index is 13.3. The Morgan fingerprint density at radius 3 is 2.38 bits per heavy atom. The van der Waals surface area contributed by atoms with E-state index >= 15 is 0 Å². The third-order valence-electron chi connectivity index (χ3n) is 6.32. The van der Waals surface area contributed by atoms with Crippen molar-refractivity contribution in [1.29, 1.82) is 0 Å². The molecule has 0 spiro atoms. The maximum atomic E-state index is 13.3. The molecule has 34 heavy (non-hydrogen) atoms. The largest absolute Gasteiger partial charge is 0.454 e. The first-order valence-corrected chi connectivity index (χ1v) is 11.3. The van der Waals surface area contributed by atoms with Gasteiger partial charge in [-0.25, -0.2) is 4.79 Å². The van der Waals surface area contributed by atoms with E-state index in [0.29, 0.717) is 23.8 Å². The van der Waals surface area contributed by atoms with Crippen LogP contribution in [0.1, 0.15) is 30.9 Å². The van der Waals surface area contributed by atoms with E-state index in [2.05, 4.69) is 10.6 Å². The number of anilines is 2. The summed E-state index contributed by atoms with van der Waals surface area (Å²) in [4.78, 5) is 24.9. The predicted molar refractivity (Wildman–Crippen MR) is 129 cm³/mol. The number of rotatable bonds is 6. The number of carbonyl (C=O) groups excluding carboxylic acids is 2. The Morgan fingerprint density at radius 2 is 1.65 bits per heavy atom. The number of fused-ring (bicyclic) bond motifs is 1. The lowest BCUT2D eigenvalue weighted by Gasteiger charge is -2.17. The molecule has 0 bridgehead atoms. The number of benzene rings is 3. The van der Waals surface area contributed by atoms with Crippen molar-refractivity contribution in [2.45, 2.75) is 32.1 Å². The number of amides is 2. The van der Waals surface area contributed by atoms with Gasteiger partial charge in [0.05, 0.1) is 12.0 Å². The van der Waals surface area contributed by atoms with Crippen molar-refractivity contribution in [3.05, 3.63) is 71.8 Å². The average Bonchev–Trinajstić information content (AvgIpc) is 3.52. The van der Waals surface area contributed by atoms with Gasteiger partial charge in [0.25, 0.3) is 0 Å². The minimum absolute atomic E-state index is 0.0184. The van der Waals surface area contributed by atoms with Gasteiger partial charge in [-0.2, -0.15) is 0 Å². The summed E-state index contributed by atoms with van der Waals surface area (Å²) in [6.07, 6.45) is 1.12. The van der Waals surface area contributed by atoms with E-state index in [4.69, 9.17) is 14.2 Å². The smallest absolute Gasteiger partial charge is 0.411 e. The summed E-state index contributed by atoms with van der Waals surface area (Å²) in [6.45, 7) is 4.32. The average molecular weight is 459 g/mol. The van der Waals surface area contributed by atoms with Gasteiger partial charge in [-0.1, -0.05) is 24.3 Å². The molecule has 1 aliphatic heterocycles. The fraction of sp³-hybridized carbons (Fsp3) is 0.259. The van der Waals surface area contributed by atoms with Crippen molar-refractivity contribution in [1.82, 2.24) is 0 Å². The Hall–Kier alpha value is -4.00. The van der Waals surface area contributed by atoms with Crippen molar-refractivity contribution in [2.24, 2.45) is 0 Å². The highest BCUT2D eigenvalue weighted by molar-refractivity contribution is 6.02. The first kappa shape index (κ1) is 21.8. The van der Waals surface area contributed by atoms with Crippen LogP contribution in [0, 0.1) is 6.92 Å². The van der Waals surface area contributed by atoms with E-state index in [1.165, 1.54) is 0 Å². The van der Waals surface area contributed by atoms with Crippen LogP contribution in [-0.2, 0) is 14.9 Å². The molecule has 7 nitrogen and oxygen atoms in total. The first-order chi connectivity index (χ1) is 16.5. The Bertz CT molecular complexity index is 1250. The zero-order valence-electron chi connectivity index (χ0n) is 19.1. The number of nitrogens with one attached hydrogen (secondary N) is 2. The van der Waals surface area contributed by atoms with Crippen molar-refractivity contribution in [3.8, 4) is 22.6 Å². The molecule has 0 radical (unpaired) electrons. The van der Waals surface area contributed by atoms with Crippen molar-refractivity contribution >= 4 is 23.4 Å². The summed E-state index contributed by atoms with van der Waals surface area (Å²) in [7, 11) is 0. The molecule has 0 saturated heterocycles. The minimum atomic E-state index is -0.535. The van der Waals surface area contributed by atoms with Crippen LogP contribution in [0.3, 0.4) is 0 Å². The number of ether oxygens (including phenoxy) is 3. The van der Waals surface area contributed by atoms with Crippen molar-refractivity contribution in [3.63, 3.8) is 0 Å². The zero-order chi connectivity index (χ0) is 23.7. The lowest BCUT2D eigenvalue weighted by atomic mass is 9.94. The third kappa shape index (κ3) is 4.17. The molecule has 3 aromatic carbocycles. The highest BCUT2D eigenvalue weighted by Gasteiger charge is 2.51. The molecule has 1 heterocycles. The molecular formula is C27H26N2O5. The van der Waals surface area contributed by atoms with Crippen molar-refractivity contribution < 1.29 is 23.8 Å². The molecule has 0 aromatic heterocycles. The maximum Gasteiger partial charge on any atom is 0.411 e. The lowest BCUT2D eigenvalue weighted by Crippen LogP contribution is -2.27. The van der Waals surface area contributed by atoms with Gasteiger partial charge >= 0.3 is 6.09 Å². The van der Waals surface area contributed by atoms with E-state index in [-0.39, 0.29) is 12.7 Å². The molecular weight excluding hydrogens is 432 g/mol. The van der Waals surface area contributed by atoms with Crippen LogP contribution < -0.4 is 20.1 Å². The fourth-order valence-corrected chi connectivity index (χ4v) is 4.25. The van der Waals surface area contributed by atoms with Crippen LogP contribution in [0.2, 0.25) is 0 Å². The van der Waals surface area contributed by atoms with E-state index in [1.807, 2.05) is 67.6 Å². The Balaban J connectivity index is 1.33. The first-order valence-electron chi connectivity index (χ1n) is 11.3. The van der Waals surface area contributed by atoms with Crippen LogP contribution in [0.25, 0.3) is 11.1 Å². The van der Waals surface area contributed by atoms with Gasteiger partial charge in [0.1, 0.15) is 0 Å². The summed E-state index contributed by atoms with van der Waals surface area (Å²) in [5, 5.41) is 5.81. The molecule has 1 fully saturated rings. The SMILES string of the molecule is CCOC(=O)Nc1ccc(-c2cc(NC(=O)C3(c4ccc5c(c4)OCO5)CC3)ccc2C)cc1. The molecule has 2 aliphatic rings. The summed E-state index contributed by atoms with van der Waals surface area (Å²) in [5.41, 5.74) is 4.89. The van der Waals surface area contributed by atoms with Gasteiger partial charge in [-0.05, 0) is 85.3 Å².